The molecule has 5 aromatic carbocycles. The van der Waals surface area contributed by atoms with Crippen LogP contribution in [0.4, 0.5) is 0 Å². The molecule has 0 aliphatic rings. The van der Waals surface area contributed by atoms with Gasteiger partial charge in [0.25, 0.3) is 0 Å². The van der Waals surface area contributed by atoms with Crippen LogP contribution in [0.25, 0.3) is 0 Å². The number of phenols is 2. The van der Waals surface area contributed by atoms with Gasteiger partial charge in [0, 0.05) is 60.4 Å². The Balaban J connectivity index is 1.15. The van der Waals surface area contributed by atoms with Gasteiger partial charge in [-0.25, -0.2) is 0 Å². The van der Waals surface area contributed by atoms with Crippen LogP contribution in [0.5, 0.6) is 34.5 Å². The van der Waals surface area contributed by atoms with E-state index in [0.717, 1.165) is 37.8 Å². The van der Waals surface area contributed by atoms with Crippen LogP contribution in [0.15, 0.2) is 119 Å². The van der Waals surface area contributed by atoms with Crippen molar-refractivity contribution in [2.75, 3.05) is 13.3 Å². The second-order valence-electron chi connectivity index (χ2n) is 15.3. The quantitative estimate of drug-likeness (QED) is 0.0725. The highest BCUT2D eigenvalue weighted by molar-refractivity contribution is 7.99. The average molecular weight is 751 g/mol. The highest BCUT2D eigenvalue weighted by Crippen LogP contribution is 2.33. The maximum atomic E-state index is 10.7. The molecule has 5 rings (SSSR count). The van der Waals surface area contributed by atoms with Crippen molar-refractivity contribution in [1.29, 1.82) is 0 Å². The summed E-state index contributed by atoms with van der Waals surface area (Å²) >= 11 is 1.67. The summed E-state index contributed by atoms with van der Waals surface area (Å²) in [4.78, 5) is 6.33. The van der Waals surface area contributed by atoms with Crippen molar-refractivity contribution in [2.45, 2.75) is 88.7 Å². The molecule has 10 heteroatoms. The number of hydrogen-bond acceptors (Lipinski definition) is 10. The lowest BCUT2D eigenvalue weighted by molar-refractivity contribution is 0.130. The van der Waals surface area contributed by atoms with E-state index in [1.807, 2.05) is 90.1 Å². The Morgan fingerprint density at radius 3 is 1.33 bits per heavy atom. The average Bonchev–Trinajstić information content (AvgIpc) is 3.11. The number of rotatable bonds is 16. The van der Waals surface area contributed by atoms with E-state index in [0.29, 0.717) is 56.8 Å². The lowest BCUT2D eigenvalue weighted by Gasteiger charge is -2.24. The molecule has 0 atom stereocenters. The fraction of sp³-hybridized carbons (Fsp3) is 0.318. The first-order chi connectivity index (χ1) is 25.6. The lowest BCUT2D eigenvalue weighted by atomic mass is 10.1. The number of nitrogens with two attached hydrogens (primary N) is 2. The van der Waals surface area contributed by atoms with E-state index in [-0.39, 0.29) is 22.7 Å². The summed E-state index contributed by atoms with van der Waals surface area (Å²) in [5.74, 6) is 3.29. The number of nitrogens with zero attached hydrogens (tertiary/aromatic N) is 2. The first-order valence-corrected chi connectivity index (χ1v) is 19.0. The SMILES string of the molecule is CC(C)(C)Oc1ccc(Sc2ccc(Oc3ccc(O)c(CN(CN)Cc4ccc(CN(CN)Cc5cc(OC(C)(C)C)ccc5O)cc4)c3)cc2)cc1. The molecule has 0 amide bonds. The maximum absolute atomic E-state index is 10.7. The molecule has 0 bridgehead atoms. The Morgan fingerprint density at radius 2 is 0.889 bits per heavy atom. The fourth-order valence-corrected chi connectivity index (χ4v) is 6.57. The highest BCUT2D eigenvalue weighted by atomic mass is 32.2. The Labute approximate surface area is 324 Å². The minimum atomic E-state index is -0.340. The summed E-state index contributed by atoms with van der Waals surface area (Å²) in [5.41, 5.74) is 15.4. The molecule has 0 saturated carbocycles. The molecule has 286 valence electrons. The van der Waals surface area contributed by atoms with Gasteiger partial charge in [-0.3, -0.25) is 9.80 Å². The number of hydrogen-bond donors (Lipinski definition) is 4. The van der Waals surface area contributed by atoms with E-state index in [4.69, 9.17) is 25.7 Å². The topological polar surface area (TPSA) is 127 Å². The van der Waals surface area contributed by atoms with Gasteiger partial charge in [0.1, 0.15) is 45.7 Å². The normalized spacial score (nSPS) is 12.0. The minimum absolute atomic E-state index is 0.185. The Kier molecular flexibility index (Phi) is 13.5. The Morgan fingerprint density at radius 1 is 0.500 bits per heavy atom. The van der Waals surface area contributed by atoms with Crippen LogP contribution in [0.3, 0.4) is 0 Å². The summed E-state index contributed by atoms with van der Waals surface area (Å²) in [6.45, 7) is 14.9. The maximum Gasteiger partial charge on any atom is 0.128 e. The van der Waals surface area contributed by atoms with Gasteiger partial charge in [0.2, 0.25) is 0 Å². The van der Waals surface area contributed by atoms with Crippen molar-refractivity contribution in [3.63, 3.8) is 0 Å². The van der Waals surface area contributed by atoms with Gasteiger partial charge in [-0.05, 0) is 138 Å². The van der Waals surface area contributed by atoms with Gasteiger partial charge >= 0.3 is 0 Å². The summed E-state index contributed by atoms with van der Waals surface area (Å²) in [5, 5.41) is 21.2. The van der Waals surface area contributed by atoms with Gasteiger partial charge in [0.05, 0.1) is 0 Å². The predicted octanol–water partition coefficient (Wildman–Crippen LogP) is 9.23. The van der Waals surface area contributed by atoms with Crippen molar-refractivity contribution < 1.29 is 24.4 Å². The van der Waals surface area contributed by atoms with E-state index < -0.39 is 0 Å². The van der Waals surface area contributed by atoms with E-state index in [9.17, 15) is 10.2 Å². The molecule has 0 spiro atoms. The number of aromatic hydroxyl groups is 2. The third kappa shape index (κ3) is 12.7. The molecule has 0 aliphatic carbocycles. The van der Waals surface area contributed by atoms with Gasteiger partial charge in [-0.1, -0.05) is 36.0 Å². The molecular weight excluding hydrogens is 697 g/mol. The first kappa shape index (κ1) is 40.5. The van der Waals surface area contributed by atoms with Crippen molar-refractivity contribution in [1.82, 2.24) is 9.80 Å². The molecule has 0 heterocycles. The molecular formula is C44H54N4O5S. The fourth-order valence-electron chi connectivity index (χ4n) is 5.75. The monoisotopic (exact) mass is 750 g/mol. The standard InChI is InChI=1S/C44H54N4O5S/c1-43(2,3)52-36-13-19-40(20-14-36)54-39-17-11-35(12-18-39)51-37-15-21-41(49)33(23-37)27-47(29-45)25-31-7-9-32(10-8-31)26-48(30-46)28-34-24-38(16-22-42(34)50)53-44(4,5)6/h7-24,49-50H,25-30,45-46H2,1-6H3. The molecule has 5 aromatic rings. The van der Waals surface area contributed by atoms with Crippen LogP contribution >= 0.6 is 11.8 Å². The summed E-state index contributed by atoms with van der Waals surface area (Å²) in [6.07, 6.45) is 0. The summed E-state index contributed by atoms with van der Waals surface area (Å²) in [7, 11) is 0. The molecule has 54 heavy (non-hydrogen) atoms. The summed E-state index contributed by atoms with van der Waals surface area (Å²) in [6, 6.07) is 35.0. The molecule has 0 radical (unpaired) electrons. The van der Waals surface area contributed by atoms with Crippen molar-refractivity contribution in [3.05, 3.63) is 131 Å². The van der Waals surface area contributed by atoms with Crippen molar-refractivity contribution in [2.24, 2.45) is 11.5 Å². The van der Waals surface area contributed by atoms with E-state index in [1.165, 1.54) is 0 Å². The predicted molar refractivity (Wildman–Crippen MR) is 217 cm³/mol. The molecule has 0 aromatic heterocycles. The number of ether oxygens (including phenoxy) is 3. The molecule has 0 aliphatic heterocycles. The van der Waals surface area contributed by atoms with Crippen LogP contribution in [0.1, 0.15) is 63.8 Å². The Hall–Kier alpha value is -4.71. The number of benzene rings is 5. The first-order valence-electron chi connectivity index (χ1n) is 18.1. The zero-order valence-corrected chi connectivity index (χ0v) is 33.0. The summed E-state index contributed by atoms with van der Waals surface area (Å²) < 4.78 is 18.1. The van der Waals surface area contributed by atoms with Crippen LogP contribution < -0.4 is 25.7 Å². The molecule has 0 fully saturated rings. The Bertz CT molecular complexity index is 1940. The van der Waals surface area contributed by atoms with Crippen LogP contribution in [-0.2, 0) is 26.2 Å². The smallest absolute Gasteiger partial charge is 0.128 e. The van der Waals surface area contributed by atoms with E-state index >= 15 is 0 Å². The van der Waals surface area contributed by atoms with Crippen LogP contribution in [-0.4, -0.2) is 44.6 Å². The molecule has 6 N–H and O–H groups in total. The van der Waals surface area contributed by atoms with Gasteiger partial charge < -0.3 is 35.9 Å². The number of phenolic OH excluding ortho intramolecular Hbond substituents is 2. The molecule has 9 nitrogen and oxygen atoms in total. The zero-order chi connectivity index (χ0) is 38.9. The third-order valence-corrected chi connectivity index (χ3v) is 9.22. The minimum Gasteiger partial charge on any atom is -0.508 e. The molecule has 0 saturated heterocycles. The van der Waals surface area contributed by atoms with Gasteiger partial charge in [-0.2, -0.15) is 0 Å². The van der Waals surface area contributed by atoms with Gasteiger partial charge in [0.15, 0.2) is 0 Å². The van der Waals surface area contributed by atoms with Crippen molar-refractivity contribution >= 4 is 11.8 Å². The van der Waals surface area contributed by atoms with E-state index in [1.54, 1.807) is 36.0 Å². The molecule has 0 unspecified atom stereocenters. The second-order valence-corrected chi connectivity index (χ2v) is 16.5. The second kappa shape index (κ2) is 18.1. The van der Waals surface area contributed by atoms with E-state index in [2.05, 4.69) is 46.2 Å². The largest absolute Gasteiger partial charge is 0.508 e. The zero-order valence-electron chi connectivity index (χ0n) is 32.2. The lowest BCUT2D eigenvalue weighted by Crippen LogP contribution is -2.29. The highest BCUT2D eigenvalue weighted by Gasteiger charge is 2.16. The third-order valence-electron chi connectivity index (χ3n) is 8.21. The van der Waals surface area contributed by atoms with Crippen LogP contribution in [0.2, 0.25) is 0 Å². The van der Waals surface area contributed by atoms with Crippen molar-refractivity contribution in [3.8, 4) is 34.5 Å². The van der Waals surface area contributed by atoms with Gasteiger partial charge in [-0.15, -0.1) is 0 Å². The van der Waals surface area contributed by atoms with Crippen LogP contribution in [0, 0.1) is 0 Å².